The van der Waals surface area contributed by atoms with Crippen molar-refractivity contribution in [1.29, 1.82) is 0 Å². The van der Waals surface area contributed by atoms with Gasteiger partial charge in [-0.05, 0) is 32.0 Å². The lowest BCUT2D eigenvalue weighted by Crippen LogP contribution is -2.37. The van der Waals surface area contributed by atoms with Crippen LogP contribution in [0.4, 0.5) is 0 Å². The van der Waals surface area contributed by atoms with Crippen molar-refractivity contribution < 1.29 is 13.8 Å². The molecule has 100 valence electrons. The molecule has 0 rings (SSSR count). The Morgan fingerprint density at radius 1 is 1.41 bits per heavy atom. The molecule has 0 aliphatic heterocycles. The predicted octanol–water partition coefficient (Wildman–Crippen LogP) is 2.65. The molecule has 0 saturated heterocycles. The number of amides is 1. The number of rotatable bonds is 7. The summed E-state index contributed by atoms with van der Waals surface area (Å²) in [4.78, 5) is 23.7. The fourth-order valence-electron chi connectivity index (χ4n) is 1.05. The van der Waals surface area contributed by atoms with E-state index in [0.29, 0.717) is 0 Å². The van der Waals surface area contributed by atoms with Crippen LogP contribution in [0, 0.1) is 0 Å². The van der Waals surface area contributed by atoms with E-state index in [-0.39, 0.29) is 31.9 Å². The van der Waals surface area contributed by atoms with Gasteiger partial charge in [-0.15, -0.1) is 0 Å². The topological polar surface area (TPSA) is 46.6 Å². The molecule has 0 aliphatic rings. The second-order valence-electron chi connectivity index (χ2n) is 3.35. The molecule has 1 unspecified atom stereocenters. The highest BCUT2D eigenvalue weighted by Crippen LogP contribution is 2.07. The monoisotopic (exact) mass is 261 g/mol. The third kappa shape index (κ3) is 8.94. The highest BCUT2D eigenvalue weighted by molar-refractivity contribution is 7.94. The number of allylic oxidation sites excluding steroid dienone is 1. The van der Waals surface area contributed by atoms with Gasteiger partial charge >= 0.3 is 0 Å². The number of carbonyl (C=O) groups is 2. The third-order valence-corrected chi connectivity index (χ3v) is 2.41. The van der Waals surface area contributed by atoms with Crippen LogP contribution in [0.3, 0.4) is 0 Å². The molecule has 1 amide bonds. The molecule has 0 bridgehead atoms. The summed E-state index contributed by atoms with van der Waals surface area (Å²) in [5.41, 5.74) is 0. The van der Waals surface area contributed by atoms with Crippen LogP contribution in [0.15, 0.2) is 12.2 Å². The van der Waals surface area contributed by atoms with Crippen LogP contribution >= 0.6 is 12.0 Å². The predicted molar refractivity (Wildman–Crippen MR) is 72.6 cm³/mol. The standard InChI is InChI=1S/C11H19NO3S.CH4/c1-5-16-15-8-12(11(4)14)9(2)6-7-10(3)13;/h6-7,9H,5,8H2,1-4H3;1H4/b7-6+;. The van der Waals surface area contributed by atoms with E-state index in [9.17, 15) is 9.59 Å². The summed E-state index contributed by atoms with van der Waals surface area (Å²) in [6.07, 6.45) is 3.16. The van der Waals surface area contributed by atoms with Gasteiger partial charge in [0.2, 0.25) is 5.91 Å². The van der Waals surface area contributed by atoms with Crippen LogP contribution in [0.5, 0.6) is 0 Å². The van der Waals surface area contributed by atoms with Crippen molar-refractivity contribution in [2.75, 3.05) is 12.5 Å². The third-order valence-electron chi connectivity index (χ3n) is 1.90. The Morgan fingerprint density at radius 2 is 2.00 bits per heavy atom. The number of hydrogen-bond donors (Lipinski definition) is 0. The first-order valence-corrected chi connectivity index (χ1v) is 6.10. The molecular weight excluding hydrogens is 238 g/mol. The van der Waals surface area contributed by atoms with Gasteiger partial charge in [0.15, 0.2) is 5.78 Å². The lowest BCUT2D eigenvalue weighted by atomic mass is 10.2. The molecule has 0 N–H and O–H groups in total. The van der Waals surface area contributed by atoms with Crippen molar-refractivity contribution in [3.63, 3.8) is 0 Å². The Balaban J connectivity index is 0. The lowest BCUT2D eigenvalue weighted by Gasteiger charge is -2.25. The van der Waals surface area contributed by atoms with Crippen LogP contribution in [0.1, 0.15) is 35.1 Å². The van der Waals surface area contributed by atoms with Crippen LogP contribution in [0.2, 0.25) is 0 Å². The summed E-state index contributed by atoms with van der Waals surface area (Å²) in [6, 6.07) is -0.140. The number of ketones is 1. The molecule has 17 heavy (non-hydrogen) atoms. The van der Waals surface area contributed by atoms with Crippen LogP contribution in [0.25, 0.3) is 0 Å². The van der Waals surface area contributed by atoms with E-state index in [4.69, 9.17) is 4.18 Å². The Morgan fingerprint density at radius 3 is 2.41 bits per heavy atom. The summed E-state index contributed by atoms with van der Waals surface area (Å²) < 4.78 is 5.24. The van der Waals surface area contributed by atoms with Gasteiger partial charge in [-0.1, -0.05) is 20.4 Å². The molecule has 0 aromatic carbocycles. The van der Waals surface area contributed by atoms with Gasteiger partial charge < -0.3 is 4.90 Å². The minimum absolute atomic E-state index is 0. The molecule has 5 heteroatoms. The van der Waals surface area contributed by atoms with E-state index in [0.717, 1.165) is 5.75 Å². The SMILES string of the molecule is C.CCSOCN(C(C)=O)C(C)/C=C/C(C)=O. The Kier molecular flexibility index (Phi) is 11.3. The molecular formula is C12H23NO3S. The van der Waals surface area contributed by atoms with E-state index >= 15 is 0 Å². The Hall–Kier alpha value is -0.810. The molecule has 0 aromatic heterocycles. The normalized spacial score (nSPS) is 12.0. The summed E-state index contributed by atoms with van der Waals surface area (Å²) in [7, 11) is 0. The van der Waals surface area contributed by atoms with E-state index in [1.807, 2.05) is 13.8 Å². The van der Waals surface area contributed by atoms with Gasteiger partial charge in [0.25, 0.3) is 0 Å². The smallest absolute Gasteiger partial charge is 0.221 e. The molecule has 0 fully saturated rings. The van der Waals surface area contributed by atoms with Gasteiger partial charge in [-0.25, -0.2) is 0 Å². The zero-order valence-electron chi connectivity index (χ0n) is 10.2. The Labute approximate surface area is 109 Å². The van der Waals surface area contributed by atoms with Crippen molar-refractivity contribution in [2.24, 2.45) is 0 Å². The maximum absolute atomic E-state index is 11.3. The highest BCUT2D eigenvalue weighted by Gasteiger charge is 2.14. The number of hydrogen-bond acceptors (Lipinski definition) is 4. The zero-order valence-corrected chi connectivity index (χ0v) is 11.0. The van der Waals surface area contributed by atoms with Crippen molar-refractivity contribution in [3.8, 4) is 0 Å². The van der Waals surface area contributed by atoms with Gasteiger partial charge in [0, 0.05) is 18.7 Å². The largest absolute Gasteiger partial charge is 0.312 e. The number of carbonyl (C=O) groups excluding carboxylic acids is 2. The maximum Gasteiger partial charge on any atom is 0.221 e. The average Bonchev–Trinajstić information content (AvgIpc) is 2.20. The summed E-state index contributed by atoms with van der Waals surface area (Å²) in [5.74, 6) is 0.736. The van der Waals surface area contributed by atoms with Crippen molar-refractivity contribution in [1.82, 2.24) is 4.90 Å². The van der Waals surface area contributed by atoms with Crippen molar-refractivity contribution in [3.05, 3.63) is 12.2 Å². The summed E-state index contributed by atoms with van der Waals surface area (Å²) in [6.45, 7) is 7.02. The highest BCUT2D eigenvalue weighted by atomic mass is 32.2. The first kappa shape index (κ1) is 18.6. The van der Waals surface area contributed by atoms with E-state index in [2.05, 4.69) is 0 Å². The first-order chi connectivity index (χ1) is 7.49. The maximum atomic E-state index is 11.3. The summed E-state index contributed by atoms with van der Waals surface area (Å²) >= 11 is 1.31. The Bertz CT molecular complexity index is 266. The molecule has 4 nitrogen and oxygen atoms in total. The zero-order chi connectivity index (χ0) is 12.6. The minimum Gasteiger partial charge on any atom is -0.312 e. The molecule has 0 aliphatic carbocycles. The van der Waals surface area contributed by atoms with E-state index < -0.39 is 0 Å². The van der Waals surface area contributed by atoms with Crippen molar-refractivity contribution in [2.45, 2.75) is 41.2 Å². The lowest BCUT2D eigenvalue weighted by molar-refractivity contribution is -0.132. The minimum atomic E-state index is -0.140. The van der Waals surface area contributed by atoms with Crippen LogP contribution in [-0.4, -0.2) is 35.1 Å². The molecule has 0 radical (unpaired) electrons. The molecule has 0 aromatic rings. The average molecular weight is 261 g/mol. The van der Waals surface area contributed by atoms with E-state index in [1.165, 1.54) is 32.0 Å². The van der Waals surface area contributed by atoms with E-state index in [1.54, 1.807) is 11.0 Å². The second-order valence-corrected chi connectivity index (χ2v) is 4.40. The molecule has 0 saturated carbocycles. The fraction of sp³-hybridized carbons (Fsp3) is 0.667. The molecule has 0 spiro atoms. The fourth-order valence-corrected chi connectivity index (χ4v) is 1.41. The molecule has 1 atom stereocenters. The second kappa shape index (κ2) is 10.4. The van der Waals surface area contributed by atoms with Gasteiger partial charge in [0.1, 0.15) is 6.73 Å². The quantitative estimate of drug-likeness (QED) is 0.306. The van der Waals surface area contributed by atoms with Gasteiger partial charge in [0.05, 0.1) is 0 Å². The van der Waals surface area contributed by atoms with Gasteiger partial charge in [-0.2, -0.15) is 0 Å². The van der Waals surface area contributed by atoms with Crippen molar-refractivity contribution >= 4 is 23.7 Å². The molecule has 0 heterocycles. The first-order valence-electron chi connectivity index (χ1n) is 5.19. The summed E-state index contributed by atoms with van der Waals surface area (Å²) in [5, 5.41) is 0. The number of nitrogens with zero attached hydrogens (tertiary/aromatic N) is 1. The van der Waals surface area contributed by atoms with Crippen LogP contribution < -0.4 is 0 Å². The van der Waals surface area contributed by atoms with Gasteiger partial charge in [-0.3, -0.25) is 13.8 Å². The van der Waals surface area contributed by atoms with Crippen LogP contribution in [-0.2, 0) is 13.8 Å².